The number of hydrogen-bond donors (Lipinski definition) is 0. The predicted octanol–water partition coefficient (Wildman–Crippen LogP) is 3.67. The molecule has 0 amide bonds. The van der Waals surface area contributed by atoms with Crippen molar-refractivity contribution in [3.63, 3.8) is 0 Å². The van der Waals surface area contributed by atoms with Crippen LogP contribution in [-0.4, -0.2) is 0 Å². The number of rotatable bonds is 1. The van der Waals surface area contributed by atoms with E-state index in [1.807, 2.05) is 0 Å². The molecule has 0 aromatic heterocycles. The highest BCUT2D eigenvalue weighted by Gasteiger charge is 2.35. The molecule has 1 rings (SSSR count). The van der Waals surface area contributed by atoms with E-state index < -0.39 is 17.6 Å². The topological polar surface area (TPSA) is 23.8 Å². The Morgan fingerprint density at radius 1 is 1.33 bits per heavy atom. The van der Waals surface area contributed by atoms with E-state index in [1.165, 1.54) is 0 Å². The summed E-state index contributed by atoms with van der Waals surface area (Å²) < 4.78 is 49.7. The molecule has 6 heteroatoms. The summed E-state index contributed by atoms with van der Waals surface area (Å²) in [5.74, 6) is -1.36. The van der Waals surface area contributed by atoms with E-state index in [0.717, 1.165) is 6.07 Å². The fourth-order valence-electron chi connectivity index (χ4n) is 1.04. The molecular weight excluding hydrogens is 278 g/mol. The molecule has 0 radical (unpaired) electrons. The fourth-order valence-corrected chi connectivity index (χ4v) is 1.55. The van der Waals surface area contributed by atoms with Crippen LogP contribution < -0.4 is 0 Å². The first kappa shape index (κ1) is 12.0. The van der Waals surface area contributed by atoms with Gasteiger partial charge in [-0.15, -0.1) is 0 Å². The van der Waals surface area contributed by atoms with Crippen molar-refractivity contribution in [2.45, 2.75) is 12.6 Å². The third kappa shape index (κ3) is 2.69. The number of benzene rings is 1. The van der Waals surface area contributed by atoms with Gasteiger partial charge < -0.3 is 0 Å². The van der Waals surface area contributed by atoms with Crippen LogP contribution in [0.15, 0.2) is 16.6 Å². The van der Waals surface area contributed by atoms with Crippen LogP contribution in [0, 0.1) is 17.1 Å². The Balaban J connectivity index is 3.33. The van der Waals surface area contributed by atoms with Gasteiger partial charge in [-0.1, -0.05) is 0 Å². The Kier molecular flexibility index (Phi) is 3.35. The van der Waals surface area contributed by atoms with Gasteiger partial charge in [0.1, 0.15) is 5.82 Å². The van der Waals surface area contributed by atoms with E-state index in [-0.39, 0.29) is 16.5 Å². The SMILES string of the molecule is N#CCc1cc(Br)c(F)c(C(F)(F)F)c1. The second-order valence-electron chi connectivity index (χ2n) is 2.77. The third-order valence-corrected chi connectivity index (χ3v) is 2.25. The summed E-state index contributed by atoms with van der Waals surface area (Å²) in [4.78, 5) is 0. The standard InChI is InChI=1S/C9H4BrF4N/c10-7-4-5(1-2-15)3-6(8(7)11)9(12,13)14/h3-4H,1H2. The van der Waals surface area contributed by atoms with Crippen molar-refractivity contribution in [2.24, 2.45) is 0 Å². The molecule has 0 aliphatic rings. The Labute approximate surface area is 91.4 Å². The molecular formula is C9H4BrF4N. The lowest BCUT2D eigenvalue weighted by Crippen LogP contribution is -2.09. The van der Waals surface area contributed by atoms with Crippen molar-refractivity contribution in [1.29, 1.82) is 5.26 Å². The van der Waals surface area contributed by atoms with Crippen LogP contribution in [0.25, 0.3) is 0 Å². The van der Waals surface area contributed by atoms with E-state index >= 15 is 0 Å². The van der Waals surface area contributed by atoms with Crippen molar-refractivity contribution >= 4 is 15.9 Å². The molecule has 0 aliphatic carbocycles. The maximum atomic E-state index is 13.1. The maximum absolute atomic E-state index is 13.1. The largest absolute Gasteiger partial charge is 0.419 e. The van der Waals surface area contributed by atoms with E-state index in [9.17, 15) is 17.6 Å². The first-order chi connectivity index (χ1) is 6.86. The molecule has 0 N–H and O–H groups in total. The van der Waals surface area contributed by atoms with Crippen LogP contribution in [0.3, 0.4) is 0 Å². The normalized spacial score (nSPS) is 11.2. The lowest BCUT2D eigenvalue weighted by Gasteiger charge is -2.10. The van der Waals surface area contributed by atoms with E-state index in [4.69, 9.17) is 5.26 Å². The van der Waals surface area contributed by atoms with Crippen LogP contribution in [0.1, 0.15) is 11.1 Å². The van der Waals surface area contributed by atoms with E-state index in [2.05, 4.69) is 15.9 Å². The van der Waals surface area contributed by atoms with Crippen LogP contribution in [0.2, 0.25) is 0 Å². The summed E-state index contributed by atoms with van der Waals surface area (Å²) in [5, 5.41) is 8.33. The lowest BCUT2D eigenvalue weighted by atomic mass is 10.1. The first-order valence-electron chi connectivity index (χ1n) is 3.78. The maximum Gasteiger partial charge on any atom is 0.419 e. The van der Waals surface area contributed by atoms with Crippen LogP contribution in [-0.2, 0) is 12.6 Å². The smallest absolute Gasteiger partial charge is 0.205 e. The highest BCUT2D eigenvalue weighted by Crippen LogP contribution is 2.35. The molecule has 0 bridgehead atoms. The Hall–Kier alpha value is -1.09. The number of halogens is 5. The molecule has 1 aromatic rings. The Morgan fingerprint density at radius 3 is 2.40 bits per heavy atom. The summed E-state index contributed by atoms with van der Waals surface area (Å²) in [7, 11) is 0. The number of nitriles is 1. The second-order valence-corrected chi connectivity index (χ2v) is 3.63. The zero-order valence-electron chi connectivity index (χ0n) is 7.20. The minimum absolute atomic E-state index is 0.123. The van der Waals surface area contributed by atoms with Gasteiger partial charge in [-0.3, -0.25) is 0 Å². The van der Waals surface area contributed by atoms with Gasteiger partial charge in [0, 0.05) is 0 Å². The predicted molar refractivity (Wildman–Crippen MR) is 48.4 cm³/mol. The molecule has 0 atom stereocenters. The van der Waals surface area contributed by atoms with Crippen molar-refractivity contribution in [3.8, 4) is 6.07 Å². The second kappa shape index (κ2) is 4.19. The molecule has 0 fully saturated rings. The monoisotopic (exact) mass is 281 g/mol. The van der Waals surface area contributed by atoms with Crippen molar-refractivity contribution in [2.75, 3.05) is 0 Å². The zero-order valence-corrected chi connectivity index (χ0v) is 8.78. The number of alkyl halides is 3. The first-order valence-corrected chi connectivity index (χ1v) is 4.57. The highest BCUT2D eigenvalue weighted by atomic mass is 79.9. The third-order valence-electron chi connectivity index (χ3n) is 1.68. The van der Waals surface area contributed by atoms with E-state index in [1.54, 1.807) is 6.07 Å². The van der Waals surface area contributed by atoms with Gasteiger partial charge in [0.25, 0.3) is 0 Å². The van der Waals surface area contributed by atoms with Gasteiger partial charge in [0.2, 0.25) is 0 Å². The van der Waals surface area contributed by atoms with Crippen LogP contribution >= 0.6 is 15.9 Å². The molecule has 0 unspecified atom stereocenters. The highest BCUT2D eigenvalue weighted by molar-refractivity contribution is 9.10. The molecule has 0 spiro atoms. The van der Waals surface area contributed by atoms with Gasteiger partial charge in [-0.2, -0.15) is 18.4 Å². The van der Waals surface area contributed by atoms with Gasteiger partial charge in [-0.05, 0) is 33.6 Å². The Morgan fingerprint density at radius 2 is 1.93 bits per heavy atom. The van der Waals surface area contributed by atoms with Gasteiger partial charge in [0.15, 0.2) is 0 Å². The molecule has 1 aromatic carbocycles. The van der Waals surface area contributed by atoms with Gasteiger partial charge >= 0.3 is 6.18 Å². The summed E-state index contributed by atoms with van der Waals surface area (Å²) in [6.45, 7) is 0. The minimum atomic E-state index is -4.75. The van der Waals surface area contributed by atoms with Gasteiger partial charge in [-0.25, -0.2) is 4.39 Å². The minimum Gasteiger partial charge on any atom is -0.205 e. The van der Waals surface area contributed by atoms with Crippen LogP contribution in [0.5, 0.6) is 0 Å². The number of nitrogens with zero attached hydrogens (tertiary/aromatic N) is 1. The number of hydrogen-bond acceptors (Lipinski definition) is 1. The van der Waals surface area contributed by atoms with Crippen LogP contribution in [0.4, 0.5) is 17.6 Å². The molecule has 0 aliphatic heterocycles. The average molecular weight is 282 g/mol. The summed E-state index contributed by atoms with van der Waals surface area (Å²) >= 11 is 2.67. The van der Waals surface area contributed by atoms with Crippen molar-refractivity contribution in [3.05, 3.63) is 33.5 Å². The molecule has 80 valence electrons. The quantitative estimate of drug-likeness (QED) is 0.721. The Bertz CT molecular complexity index is 419. The molecule has 15 heavy (non-hydrogen) atoms. The van der Waals surface area contributed by atoms with E-state index in [0.29, 0.717) is 6.07 Å². The summed E-state index contributed by atoms with van der Waals surface area (Å²) in [5.41, 5.74) is -1.24. The molecule has 0 heterocycles. The molecule has 1 nitrogen and oxygen atoms in total. The van der Waals surface area contributed by atoms with Crippen molar-refractivity contribution in [1.82, 2.24) is 0 Å². The lowest BCUT2D eigenvalue weighted by molar-refractivity contribution is -0.140. The summed E-state index contributed by atoms with van der Waals surface area (Å²) in [6, 6.07) is 3.50. The molecule has 0 saturated heterocycles. The summed E-state index contributed by atoms with van der Waals surface area (Å²) in [6.07, 6.45) is -4.94. The van der Waals surface area contributed by atoms with Gasteiger partial charge in [0.05, 0.1) is 22.5 Å². The fraction of sp³-hybridized carbons (Fsp3) is 0.222. The average Bonchev–Trinajstić information content (AvgIpc) is 2.09. The zero-order chi connectivity index (χ0) is 11.6. The van der Waals surface area contributed by atoms with Crippen molar-refractivity contribution < 1.29 is 17.6 Å². The molecule has 0 saturated carbocycles.